The van der Waals surface area contributed by atoms with Crippen molar-refractivity contribution in [3.8, 4) is 0 Å². The molecular weight excluding hydrogens is 256 g/mol. The smallest absolute Gasteiger partial charge is 0.0213 e. The van der Waals surface area contributed by atoms with Gasteiger partial charge in [-0.25, -0.2) is 0 Å². The van der Waals surface area contributed by atoms with Crippen LogP contribution in [0.2, 0.25) is 0 Å². The second-order valence-electron chi connectivity index (χ2n) is 3.79. The molecule has 0 saturated heterocycles. The molecule has 0 nitrogen and oxygen atoms in total. The topological polar surface area (TPSA) is 0 Å². The van der Waals surface area contributed by atoms with Crippen molar-refractivity contribution in [3.05, 3.63) is 34.3 Å². The lowest BCUT2D eigenvalue weighted by Crippen LogP contribution is -2.15. The van der Waals surface area contributed by atoms with Gasteiger partial charge >= 0.3 is 0 Å². The van der Waals surface area contributed by atoms with Crippen LogP contribution in [0, 0.1) is 0 Å². The molecule has 1 unspecified atom stereocenters. The Hall–Kier alpha value is -0.210. The summed E-state index contributed by atoms with van der Waals surface area (Å²) in [6.45, 7) is 0. The quantitative estimate of drug-likeness (QED) is 0.677. The number of rotatable bonds is 1. The number of halogens is 1. The minimum atomic E-state index is 0.509. The van der Waals surface area contributed by atoms with Gasteiger partial charge in [0.2, 0.25) is 0 Å². The molecule has 1 aliphatic carbocycles. The van der Waals surface area contributed by atoms with Crippen molar-refractivity contribution in [2.24, 2.45) is 0 Å². The molecule has 0 radical (unpaired) electrons. The first-order chi connectivity index (χ1) is 6.79. The van der Waals surface area contributed by atoms with Gasteiger partial charge in [-0.15, -0.1) is 0 Å². The molecule has 0 aromatic heterocycles. The Bertz CT molecular complexity index is 346. The Morgan fingerprint density at radius 1 is 1.21 bits per heavy atom. The van der Waals surface area contributed by atoms with Crippen molar-refractivity contribution in [3.63, 3.8) is 0 Å². The van der Waals surface area contributed by atoms with E-state index >= 15 is 0 Å². The molecule has 0 bridgehead atoms. The lowest BCUT2D eigenvalue weighted by Gasteiger charge is -2.24. The fourth-order valence-electron chi connectivity index (χ4n) is 2.07. The summed E-state index contributed by atoms with van der Waals surface area (Å²) in [7, 11) is 0. The molecule has 14 heavy (non-hydrogen) atoms. The van der Waals surface area contributed by atoms with Gasteiger partial charge in [-0.2, -0.15) is 0 Å². The van der Waals surface area contributed by atoms with Gasteiger partial charge in [0.1, 0.15) is 0 Å². The van der Waals surface area contributed by atoms with Crippen molar-refractivity contribution in [1.29, 1.82) is 0 Å². The van der Waals surface area contributed by atoms with E-state index in [2.05, 4.69) is 40.2 Å². The first-order valence-corrected chi connectivity index (χ1v) is 6.26. The van der Waals surface area contributed by atoms with E-state index < -0.39 is 0 Å². The van der Waals surface area contributed by atoms with Gasteiger partial charge in [-0.1, -0.05) is 52.8 Å². The molecule has 1 aromatic rings. The first-order valence-electron chi connectivity index (χ1n) is 5.06. The number of hydrogen-bond donors (Lipinski definition) is 0. The molecule has 74 valence electrons. The largest absolute Gasteiger partial charge is 0.0890 e. The van der Waals surface area contributed by atoms with Crippen LogP contribution >= 0.6 is 28.1 Å². The zero-order valence-electron chi connectivity index (χ0n) is 8.00. The van der Waals surface area contributed by atoms with Gasteiger partial charge in [0.25, 0.3) is 0 Å². The van der Waals surface area contributed by atoms with E-state index in [0.717, 1.165) is 6.42 Å². The molecule has 1 fully saturated rings. The Morgan fingerprint density at radius 3 is 2.71 bits per heavy atom. The summed E-state index contributed by atoms with van der Waals surface area (Å²) < 4.78 is 1.20. The summed E-state index contributed by atoms with van der Waals surface area (Å²) in [6, 6.07) is 8.44. The molecule has 0 spiro atoms. The molecule has 1 aliphatic rings. The van der Waals surface area contributed by atoms with Crippen LogP contribution in [0.15, 0.2) is 28.7 Å². The van der Waals surface area contributed by atoms with E-state index in [0.29, 0.717) is 5.92 Å². The molecule has 0 amide bonds. The van der Waals surface area contributed by atoms with Crippen molar-refractivity contribution in [1.82, 2.24) is 0 Å². The fourth-order valence-corrected chi connectivity index (χ4v) is 3.02. The van der Waals surface area contributed by atoms with E-state index in [1.807, 2.05) is 0 Å². The van der Waals surface area contributed by atoms with Crippen molar-refractivity contribution in [2.45, 2.75) is 31.6 Å². The molecule has 0 heterocycles. The maximum absolute atomic E-state index is 5.45. The molecule has 0 aliphatic heterocycles. The van der Waals surface area contributed by atoms with Crippen molar-refractivity contribution in [2.75, 3.05) is 0 Å². The highest BCUT2D eigenvalue weighted by molar-refractivity contribution is 9.10. The molecule has 1 saturated carbocycles. The van der Waals surface area contributed by atoms with Crippen LogP contribution in [0.4, 0.5) is 0 Å². The van der Waals surface area contributed by atoms with Gasteiger partial charge < -0.3 is 0 Å². The third-order valence-corrected chi connectivity index (χ3v) is 4.05. The minimum absolute atomic E-state index is 0.509. The van der Waals surface area contributed by atoms with E-state index in [-0.39, 0.29) is 0 Å². The molecule has 1 aromatic carbocycles. The standard InChI is InChI=1S/C12H13BrS/c13-11-7-3-1-5-9(11)10-6-2-4-8-12(10)14/h1,3,5,7,10H,2,4,6,8H2. The Kier molecular flexibility index (Phi) is 3.34. The maximum atomic E-state index is 5.45. The van der Waals surface area contributed by atoms with Gasteiger partial charge in [-0.05, 0) is 30.9 Å². The van der Waals surface area contributed by atoms with Crippen LogP contribution in [-0.2, 0) is 0 Å². The molecule has 0 N–H and O–H groups in total. The average Bonchev–Trinajstić information content (AvgIpc) is 2.20. The third kappa shape index (κ3) is 2.06. The monoisotopic (exact) mass is 268 g/mol. The fraction of sp³-hybridized carbons (Fsp3) is 0.417. The van der Waals surface area contributed by atoms with Gasteiger partial charge in [0, 0.05) is 15.3 Å². The lowest BCUT2D eigenvalue weighted by molar-refractivity contribution is 0.620. The van der Waals surface area contributed by atoms with E-state index in [1.165, 1.54) is 34.2 Å². The average molecular weight is 269 g/mol. The lowest BCUT2D eigenvalue weighted by atomic mass is 9.84. The van der Waals surface area contributed by atoms with Gasteiger partial charge in [0.15, 0.2) is 0 Å². The van der Waals surface area contributed by atoms with Crippen molar-refractivity contribution >= 4 is 33.0 Å². The highest BCUT2D eigenvalue weighted by Gasteiger charge is 2.21. The zero-order chi connectivity index (χ0) is 9.97. The predicted molar refractivity (Wildman–Crippen MR) is 67.9 cm³/mol. The van der Waals surface area contributed by atoms with Gasteiger partial charge in [0.05, 0.1) is 0 Å². The summed E-state index contributed by atoms with van der Waals surface area (Å²) in [5.74, 6) is 0.509. The van der Waals surface area contributed by atoms with Crippen LogP contribution in [-0.4, -0.2) is 4.86 Å². The molecule has 1 atom stereocenters. The predicted octanol–water partition coefficient (Wildman–Crippen LogP) is 4.48. The van der Waals surface area contributed by atoms with E-state index in [1.54, 1.807) is 0 Å². The number of benzene rings is 1. The number of hydrogen-bond acceptors (Lipinski definition) is 1. The van der Waals surface area contributed by atoms with Crippen LogP contribution in [0.5, 0.6) is 0 Å². The third-order valence-electron chi connectivity index (χ3n) is 2.84. The van der Waals surface area contributed by atoms with Crippen LogP contribution in [0.3, 0.4) is 0 Å². The van der Waals surface area contributed by atoms with Crippen LogP contribution in [0.25, 0.3) is 0 Å². The molecular formula is C12H13BrS. The molecule has 2 heteroatoms. The zero-order valence-corrected chi connectivity index (χ0v) is 10.4. The highest BCUT2D eigenvalue weighted by atomic mass is 79.9. The minimum Gasteiger partial charge on any atom is -0.0890 e. The molecule has 2 rings (SSSR count). The second-order valence-corrected chi connectivity index (χ2v) is 5.16. The second kappa shape index (κ2) is 4.54. The summed E-state index contributed by atoms with van der Waals surface area (Å²) in [5.41, 5.74) is 1.37. The maximum Gasteiger partial charge on any atom is 0.0213 e. The summed E-state index contributed by atoms with van der Waals surface area (Å²) in [5, 5.41) is 0. The summed E-state index contributed by atoms with van der Waals surface area (Å²) in [4.78, 5) is 1.24. The summed E-state index contributed by atoms with van der Waals surface area (Å²) >= 11 is 9.05. The SMILES string of the molecule is S=C1CCCCC1c1ccccc1Br. The van der Waals surface area contributed by atoms with Crippen molar-refractivity contribution < 1.29 is 0 Å². The summed E-state index contributed by atoms with van der Waals surface area (Å²) in [6.07, 6.45) is 4.94. The Labute approximate surface area is 98.8 Å². The normalized spacial score (nSPS) is 22.4. The number of thiocarbonyl (C=S) groups is 1. The van der Waals surface area contributed by atoms with E-state index in [9.17, 15) is 0 Å². The first kappa shape index (κ1) is 10.3. The Morgan fingerprint density at radius 2 is 2.00 bits per heavy atom. The van der Waals surface area contributed by atoms with Crippen LogP contribution < -0.4 is 0 Å². The van der Waals surface area contributed by atoms with E-state index in [4.69, 9.17) is 12.2 Å². The van der Waals surface area contributed by atoms with Gasteiger partial charge in [-0.3, -0.25) is 0 Å². The highest BCUT2D eigenvalue weighted by Crippen LogP contribution is 2.34. The Balaban J connectivity index is 2.29. The van der Waals surface area contributed by atoms with Crippen LogP contribution in [0.1, 0.15) is 37.2 Å².